The summed E-state index contributed by atoms with van der Waals surface area (Å²) in [7, 11) is 0. The van der Waals surface area contributed by atoms with Crippen LogP contribution in [0.3, 0.4) is 0 Å². The molecule has 0 spiro atoms. The van der Waals surface area contributed by atoms with Gasteiger partial charge in [0, 0.05) is 12.1 Å². The molecule has 1 heterocycles. The summed E-state index contributed by atoms with van der Waals surface area (Å²) in [5.41, 5.74) is 3.02. The van der Waals surface area contributed by atoms with Crippen LogP contribution in [0.1, 0.15) is 11.4 Å². The zero-order valence-corrected chi connectivity index (χ0v) is 11.2. The molecule has 102 valence electrons. The van der Waals surface area contributed by atoms with Gasteiger partial charge in [-0.25, -0.2) is 9.97 Å². The Morgan fingerprint density at radius 2 is 2.15 bits per heavy atom. The van der Waals surface area contributed by atoms with Gasteiger partial charge in [0.25, 0.3) is 5.69 Å². The highest BCUT2D eigenvalue weighted by Gasteiger charge is 2.09. The number of rotatable bonds is 4. The van der Waals surface area contributed by atoms with E-state index in [0.717, 1.165) is 0 Å². The Kier molecular flexibility index (Phi) is 4.21. The third-order valence-electron chi connectivity index (χ3n) is 2.32. The Balaban J connectivity index is 2.16. The van der Waals surface area contributed by atoms with Gasteiger partial charge in [0.2, 0.25) is 0 Å². The summed E-state index contributed by atoms with van der Waals surface area (Å²) in [5, 5.41) is 15.0. The minimum atomic E-state index is -0.465. The first kappa shape index (κ1) is 13.9. The van der Waals surface area contributed by atoms with Crippen molar-refractivity contribution in [2.45, 2.75) is 6.92 Å². The number of hydrazone groups is 1. The van der Waals surface area contributed by atoms with Crippen molar-refractivity contribution in [1.82, 2.24) is 9.97 Å². The van der Waals surface area contributed by atoms with Crippen LogP contribution >= 0.6 is 11.6 Å². The third kappa shape index (κ3) is 3.48. The van der Waals surface area contributed by atoms with Crippen LogP contribution in [0.2, 0.25) is 5.15 Å². The van der Waals surface area contributed by atoms with E-state index < -0.39 is 4.92 Å². The number of nitrogens with one attached hydrogen (secondary N) is 1. The molecule has 0 unspecified atom stereocenters. The lowest BCUT2D eigenvalue weighted by Crippen LogP contribution is -1.98. The fourth-order valence-corrected chi connectivity index (χ4v) is 1.75. The Morgan fingerprint density at radius 1 is 1.40 bits per heavy atom. The van der Waals surface area contributed by atoms with Gasteiger partial charge in [-0.2, -0.15) is 5.10 Å². The van der Waals surface area contributed by atoms with Crippen LogP contribution in [0.15, 0.2) is 35.4 Å². The molecule has 1 aromatic carbocycles. The predicted molar refractivity (Wildman–Crippen MR) is 76.1 cm³/mol. The lowest BCUT2D eigenvalue weighted by atomic mass is 10.2. The van der Waals surface area contributed by atoms with Gasteiger partial charge in [-0.05, 0) is 13.0 Å². The standard InChI is InChI=1S/C12H10ClN5O2/c1-8-15-11(13)6-12(16-8)17-14-7-9-4-2-3-5-10(9)18(19)20/h2-7H,1H3,(H,15,16,17). The number of halogens is 1. The lowest BCUT2D eigenvalue weighted by molar-refractivity contribution is -0.385. The van der Waals surface area contributed by atoms with E-state index in [2.05, 4.69) is 20.5 Å². The van der Waals surface area contributed by atoms with E-state index in [1.54, 1.807) is 25.1 Å². The molecule has 2 aromatic rings. The third-order valence-corrected chi connectivity index (χ3v) is 2.52. The zero-order chi connectivity index (χ0) is 14.5. The topological polar surface area (TPSA) is 93.3 Å². The summed E-state index contributed by atoms with van der Waals surface area (Å²) in [6.07, 6.45) is 1.35. The van der Waals surface area contributed by atoms with E-state index in [4.69, 9.17) is 11.6 Å². The molecule has 1 aromatic heterocycles. The number of nitro groups is 1. The number of benzene rings is 1. The molecule has 0 saturated carbocycles. The van der Waals surface area contributed by atoms with Crippen LogP contribution in [0, 0.1) is 17.0 Å². The molecule has 0 radical (unpaired) electrons. The molecule has 0 atom stereocenters. The summed E-state index contributed by atoms with van der Waals surface area (Å²) in [6.45, 7) is 1.70. The van der Waals surface area contributed by atoms with Crippen LogP contribution in [0.4, 0.5) is 11.5 Å². The second-order valence-electron chi connectivity index (χ2n) is 3.81. The molecule has 0 bridgehead atoms. The van der Waals surface area contributed by atoms with E-state index in [0.29, 0.717) is 22.4 Å². The van der Waals surface area contributed by atoms with Gasteiger partial charge in [-0.15, -0.1) is 0 Å². The molecule has 8 heteroatoms. The second kappa shape index (κ2) is 6.07. The quantitative estimate of drug-likeness (QED) is 0.404. The average molecular weight is 292 g/mol. The lowest BCUT2D eigenvalue weighted by Gasteiger charge is -2.01. The summed E-state index contributed by atoms with van der Waals surface area (Å²) in [4.78, 5) is 18.3. The highest BCUT2D eigenvalue weighted by atomic mass is 35.5. The van der Waals surface area contributed by atoms with Gasteiger partial charge in [0.05, 0.1) is 16.7 Å². The van der Waals surface area contributed by atoms with Crippen molar-refractivity contribution >= 4 is 29.3 Å². The molecule has 20 heavy (non-hydrogen) atoms. The predicted octanol–water partition coefficient (Wildman–Crippen LogP) is 2.79. The van der Waals surface area contributed by atoms with Crippen molar-refractivity contribution in [3.8, 4) is 0 Å². The van der Waals surface area contributed by atoms with Crippen molar-refractivity contribution in [2.75, 3.05) is 5.43 Å². The van der Waals surface area contributed by atoms with Crippen molar-refractivity contribution < 1.29 is 4.92 Å². The van der Waals surface area contributed by atoms with Gasteiger partial charge >= 0.3 is 0 Å². The van der Waals surface area contributed by atoms with E-state index in [1.165, 1.54) is 18.3 Å². The summed E-state index contributed by atoms with van der Waals surface area (Å²) < 4.78 is 0. The first-order valence-corrected chi connectivity index (χ1v) is 5.98. The Morgan fingerprint density at radius 3 is 2.85 bits per heavy atom. The maximum Gasteiger partial charge on any atom is 0.278 e. The van der Waals surface area contributed by atoms with Gasteiger partial charge in [-0.1, -0.05) is 23.7 Å². The van der Waals surface area contributed by atoms with Gasteiger partial charge < -0.3 is 0 Å². The zero-order valence-electron chi connectivity index (χ0n) is 10.4. The van der Waals surface area contributed by atoms with Crippen LogP contribution in [0.25, 0.3) is 0 Å². The van der Waals surface area contributed by atoms with Crippen molar-refractivity contribution in [3.05, 3.63) is 57.0 Å². The van der Waals surface area contributed by atoms with Crippen LogP contribution in [-0.4, -0.2) is 21.1 Å². The molecule has 1 N–H and O–H groups in total. The summed E-state index contributed by atoms with van der Waals surface area (Å²) >= 11 is 5.78. The summed E-state index contributed by atoms with van der Waals surface area (Å²) in [5.74, 6) is 0.915. The second-order valence-corrected chi connectivity index (χ2v) is 4.20. The normalized spacial score (nSPS) is 10.7. The number of hydrogen-bond acceptors (Lipinski definition) is 6. The van der Waals surface area contributed by atoms with Crippen molar-refractivity contribution in [2.24, 2.45) is 5.10 Å². The average Bonchev–Trinajstić information content (AvgIpc) is 2.38. The van der Waals surface area contributed by atoms with Gasteiger partial charge in [-0.3, -0.25) is 15.5 Å². The van der Waals surface area contributed by atoms with Crippen LogP contribution in [-0.2, 0) is 0 Å². The molecule has 0 fully saturated rings. The first-order valence-electron chi connectivity index (χ1n) is 5.60. The Hall–Kier alpha value is -2.54. The van der Waals surface area contributed by atoms with Crippen LogP contribution < -0.4 is 5.43 Å². The van der Waals surface area contributed by atoms with Crippen molar-refractivity contribution in [3.63, 3.8) is 0 Å². The van der Waals surface area contributed by atoms with Gasteiger partial charge in [0.15, 0.2) is 5.82 Å². The smallest absolute Gasteiger partial charge is 0.261 e. The summed E-state index contributed by atoms with van der Waals surface area (Å²) in [6, 6.07) is 7.80. The first-order chi connectivity index (χ1) is 9.56. The maximum absolute atomic E-state index is 10.8. The number of nitro benzene ring substituents is 1. The number of nitrogens with zero attached hydrogens (tertiary/aromatic N) is 4. The molecule has 7 nitrogen and oxygen atoms in total. The monoisotopic (exact) mass is 291 g/mol. The molecule has 0 aliphatic heterocycles. The number of para-hydroxylation sites is 1. The number of aromatic nitrogens is 2. The highest BCUT2D eigenvalue weighted by Crippen LogP contribution is 2.15. The van der Waals surface area contributed by atoms with E-state index >= 15 is 0 Å². The maximum atomic E-state index is 10.8. The van der Waals surface area contributed by atoms with Gasteiger partial charge in [0.1, 0.15) is 11.0 Å². The molecular weight excluding hydrogens is 282 g/mol. The van der Waals surface area contributed by atoms with E-state index in [1.807, 2.05) is 0 Å². The Bertz CT molecular complexity index is 654. The fraction of sp³-hybridized carbons (Fsp3) is 0.0833. The number of aryl methyl sites for hydroxylation is 1. The van der Waals surface area contributed by atoms with E-state index in [9.17, 15) is 10.1 Å². The molecule has 2 rings (SSSR count). The fourth-order valence-electron chi connectivity index (χ4n) is 1.52. The molecule has 0 saturated heterocycles. The van der Waals surface area contributed by atoms with Crippen molar-refractivity contribution in [1.29, 1.82) is 0 Å². The molecule has 0 aliphatic carbocycles. The minimum Gasteiger partial charge on any atom is -0.261 e. The minimum absolute atomic E-state index is 0.0186. The van der Waals surface area contributed by atoms with E-state index in [-0.39, 0.29) is 5.69 Å². The number of hydrogen-bond donors (Lipinski definition) is 1. The van der Waals surface area contributed by atoms with Crippen LogP contribution in [0.5, 0.6) is 0 Å². The SMILES string of the molecule is Cc1nc(Cl)cc(NN=Cc2ccccc2[N+](=O)[O-])n1. The Labute approximate surface area is 119 Å². The highest BCUT2D eigenvalue weighted by molar-refractivity contribution is 6.29. The molecule has 0 amide bonds. The molecular formula is C12H10ClN5O2. The largest absolute Gasteiger partial charge is 0.278 e. The molecule has 0 aliphatic rings. The number of anilines is 1.